The minimum atomic E-state index is -3.99. The van der Waals surface area contributed by atoms with Crippen LogP contribution in [0, 0.1) is 11.6 Å². The minimum Gasteiger partial charge on any atom is -0.443 e. The molecule has 32 heavy (non-hydrogen) atoms. The lowest BCUT2D eigenvalue weighted by atomic mass is 10.2. The molecule has 0 unspecified atom stereocenters. The Morgan fingerprint density at radius 2 is 1.88 bits per heavy atom. The summed E-state index contributed by atoms with van der Waals surface area (Å²) in [7, 11) is -3.99. The second-order valence-corrected chi connectivity index (χ2v) is 10.7. The Kier molecular flexibility index (Phi) is 6.80. The van der Waals surface area contributed by atoms with Crippen LogP contribution in [0.4, 0.5) is 25.0 Å². The fraction of sp³-hybridized carbons (Fsp3) is 0.350. The molecule has 7 nitrogen and oxygen atoms in total. The highest BCUT2D eigenvalue weighted by atomic mass is 35.5. The van der Waals surface area contributed by atoms with Crippen LogP contribution in [0.25, 0.3) is 0 Å². The molecule has 0 aromatic heterocycles. The van der Waals surface area contributed by atoms with Gasteiger partial charge in [-0.25, -0.2) is 26.7 Å². The van der Waals surface area contributed by atoms with Crippen molar-refractivity contribution in [3.8, 4) is 0 Å². The third-order valence-corrected chi connectivity index (χ3v) is 7.82. The smallest absolute Gasteiger partial charge is 0.414 e. The van der Waals surface area contributed by atoms with Gasteiger partial charge in [-0.3, -0.25) is 4.90 Å². The summed E-state index contributed by atoms with van der Waals surface area (Å²) in [5, 5.41) is -0.319. The number of benzene rings is 2. The molecule has 0 aliphatic carbocycles. The second kappa shape index (κ2) is 9.42. The zero-order valence-electron chi connectivity index (χ0n) is 16.8. The number of hydrogen-bond acceptors (Lipinski definition) is 6. The molecule has 0 spiro atoms. The zero-order valence-corrected chi connectivity index (χ0v) is 19.2. The van der Waals surface area contributed by atoms with E-state index in [0.717, 1.165) is 42.8 Å². The van der Waals surface area contributed by atoms with Gasteiger partial charge in [-0.2, -0.15) is 11.8 Å². The van der Waals surface area contributed by atoms with Crippen LogP contribution in [0.3, 0.4) is 0 Å². The summed E-state index contributed by atoms with van der Waals surface area (Å²) in [5.41, 5.74) is 0.821. The molecule has 172 valence electrons. The van der Waals surface area contributed by atoms with Crippen molar-refractivity contribution >= 4 is 50.9 Å². The van der Waals surface area contributed by atoms with E-state index in [2.05, 4.69) is 4.72 Å². The molecule has 2 aliphatic rings. The van der Waals surface area contributed by atoms with Gasteiger partial charge in [-0.1, -0.05) is 11.6 Å². The van der Waals surface area contributed by atoms with Crippen molar-refractivity contribution in [2.45, 2.75) is 11.0 Å². The lowest BCUT2D eigenvalue weighted by molar-refractivity contribution is 0.143. The van der Waals surface area contributed by atoms with Gasteiger partial charge in [0.2, 0.25) is 10.0 Å². The predicted octanol–water partition coefficient (Wildman–Crippen LogP) is 3.48. The lowest BCUT2D eigenvalue weighted by Crippen LogP contribution is -2.35. The van der Waals surface area contributed by atoms with Gasteiger partial charge in [0.1, 0.15) is 17.7 Å². The van der Waals surface area contributed by atoms with Gasteiger partial charge in [0.25, 0.3) is 0 Å². The third kappa shape index (κ3) is 4.95. The van der Waals surface area contributed by atoms with Gasteiger partial charge in [0.05, 0.1) is 27.8 Å². The van der Waals surface area contributed by atoms with Crippen molar-refractivity contribution in [2.24, 2.45) is 0 Å². The molecule has 0 bridgehead atoms. The van der Waals surface area contributed by atoms with E-state index in [0.29, 0.717) is 11.4 Å². The Morgan fingerprint density at radius 1 is 1.12 bits per heavy atom. The van der Waals surface area contributed by atoms with Crippen LogP contribution in [0.2, 0.25) is 5.02 Å². The number of amides is 1. The monoisotopic (exact) mass is 503 g/mol. The summed E-state index contributed by atoms with van der Waals surface area (Å²) in [6.07, 6.45) is -1.48. The maximum absolute atomic E-state index is 14.7. The quantitative estimate of drug-likeness (QED) is 0.650. The van der Waals surface area contributed by atoms with E-state index in [4.69, 9.17) is 16.3 Å². The number of sulfonamides is 1. The first kappa shape index (κ1) is 23.1. The molecule has 2 aromatic carbocycles. The van der Waals surface area contributed by atoms with E-state index in [9.17, 15) is 22.0 Å². The highest BCUT2D eigenvalue weighted by Gasteiger charge is 2.34. The summed E-state index contributed by atoms with van der Waals surface area (Å²) >= 11 is 7.47. The van der Waals surface area contributed by atoms with Crippen LogP contribution in [-0.2, 0) is 14.8 Å². The maximum atomic E-state index is 14.7. The SMILES string of the molecule is O=C1O[C@@H](CNS(=O)(=O)c2ccc(F)c(Cl)c2)CN1c1ccc(N2CCSCC2)c(F)c1. The number of nitrogens with one attached hydrogen (secondary N) is 1. The number of hydrogen-bond donors (Lipinski definition) is 1. The van der Waals surface area contributed by atoms with Crippen LogP contribution >= 0.6 is 23.4 Å². The van der Waals surface area contributed by atoms with Crippen molar-refractivity contribution in [3.63, 3.8) is 0 Å². The highest BCUT2D eigenvalue weighted by Crippen LogP contribution is 2.29. The Hall–Kier alpha value is -2.08. The van der Waals surface area contributed by atoms with Gasteiger partial charge >= 0.3 is 6.09 Å². The number of carbonyl (C=O) groups excluding carboxylic acids is 1. The molecule has 1 atom stereocenters. The number of nitrogens with zero attached hydrogens (tertiary/aromatic N) is 2. The number of rotatable bonds is 6. The predicted molar refractivity (Wildman–Crippen MR) is 120 cm³/mol. The summed E-state index contributed by atoms with van der Waals surface area (Å²) in [5.74, 6) is 0.700. The molecule has 2 aliphatic heterocycles. The van der Waals surface area contributed by atoms with Crippen molar-refractivity contribution in [1.82, 2.24) is 4.72 Å². The molecule has 4 rings (SSSR count). The van der Waals surface area contributed by atoms with Gasteiger partial charge in [-0.15, -0.1) is 0 Å². The van der Waals surface area contributed by atoms with Crippen LogP contribution in [0.5, 0.6) is 0 Å². The van der Waals surface area contributed by atoms with E-state index in [1.54, 1.807) is 12.1 Å². The molecular weight excluding hydrogens is 484 g/mol. The number of thioether (sulfide) groups is 1. The number of ether oxygens (including phenoxy) is 1. The van der Waals surface area contributed by atoms with Crippen LogP contribution in [0.1, 0.15) is 0 Å². The van der Waals surface area contributed by atoms with Gasteiger partial charge < -0.3 is 9.64 Å². The molecule has 1 amide bonds. The first-order valence-electron chi connectivity index (χ1n) is 9.80. The zero-order chi connectivity index (χ0) is 22.9. The number of cyclic esters (lactones) is 1. The van der Waals surface area contributed by atoms with E-state index >= 15 is 0 Å². The largest absolute Gasteiger partial charge is 0.443 e. The van der Waals surface area contributed by atoms with Crippen molar-refractivity contribution < 1.29 is 26.7 Å². The lowest BCUT2D eigenvalue weighted by Gasteiger charge is -2.29. The molecular formula is C20H20ClF2N3O4S2. The van der Waals surface area contributed by atoms with E-state index in [1.165, 1.54) is 11.0 Å². The van der Waals surface area contributed by atoms with Gasteiger partial charge in [0.15, 0.2) is 0 Å². The molecule has 0 radical (unpaired) electrons. The fourth-order valence-corrected chi connectivity index (χ4v) is 5.73. The standard InChI is InChI=1S/C20H20ClF2N3O4S2/c21-16-10-15(2-3-17(16)22)32(28,29)24-11-14-12-26(20(27)30-14)13-1-4-19(18(23)9-13)25-5-7-31-8-6-25/h1-4,9-10,14,24H,5-8,11-12H2/t14-/m0/s1. The Balaban J connectivity index is 1.40. The molecule has 2 saturated heterocycles. The summed E-state index contributed by atoms with van der Waals surface area (Å²) < 4.78 is 60.4. The topological polar surface area (TPSA) is 78.9 Å². The molecule has 2 heterocycles. The van der Waals surface area contributed by atoms with Crippen molar-refractivity contribution in [1.29, 1.82) is 0 Å². The number of anilines is 2. The Morgan fingerprint density at radius 3 is 2.56 bits per heavy atom. The molecule has 2 aromatic rings. The first-order chi connectivity index (χ1) is 15.2. The molecule has 2 fully saturated rings. The molecule has 1 N–H and O–H groups in total. The number of halogens is 3. The number of carbonyl (C=O) groups is 1. The van der Waals surface area contributed by atoms with Crippen molar-refractivity contribution in [2.75, 3.05) is 47.5 Å². The van der Waals surface area contributed by atoms with Crippen LogP contribution in [-0.4, -0.2) is 58.3 Å². The molecule has 12 heteroatoms. The Bertz CT molecular complexity index is 1130. The first-order valence-corrected chi connectivity index (χ1v) is 12.8. The van der Waals surface area contributed by atoms with E-state index in [-0.39, 0.29) is 23.0 Å². The minimum absolute atomic E-state index is 0.0463. The van der Waals surface area contributed by atoms with Crippen LogP contribution in [0.15, 0.2) is 41.3 Å². The van der Waals surface area contributed by atoms with Gasteiger partial charge in [-0.05, 0) is 36.4 Å². The summed E-state index contributed by atoms with van der Waals surface area (Å²) in [6.45, 7) is 1.36. The average Bonchev–Trinajstić information content (AvgIpc) is 3.15. The maximum Gasteiger partial charge on any atom is 0.414 e. The molecule has 0 saturated carbocycles. The van der Waals surface area contributed by atoms with E-state index in [1.807, 2.05) is 16.7 Å². The second-order valence-electron chi connectivity index (χ2n) is 7.28. The van der Waals surface area contributed by atoms with E-state index < -0.39 is 33.9 Å². The van der Waals surface area contributed by atoms with Crippen molar-refractivity contribution in [3.05, 3.63) is 53.1 Å². The van der Waals surface area contributed by atoms with Crippen LogP contribution < -0.4 is 14.5 Å². The third-order valence-electron chi connectivity index (χ3n) is 5.17. The fourth-order valence-electron chi connectivity index (χ4n) is 3.49. The Labute approximate surface area is 193 Å². The van der Waals surface area contributed by atoms with Gasteiger partial charge in [0, 0.05) is 31.1 Å². The highest BCUT2D eigenvalue weighted by molar-refractivity contribution is 7.99. The summed E-state index contributed by atoms with van der Waals surface area (Å²) in [6, 6.07) is 7.61. The normalized spacial score (nSPS) is 19.3. The summed E-state index contributed by atoms with van der Waals surface area (Å²) in [4.78, 5) is 15.3. The average molecular weight is 504 g/mol.